The largest absolute Gasteiger partial charge is 0.497 e. The summed E-state index contributed by atoms with van der Waals surface area (Å²) in [7, 11) is 5.95. The summed E-state index contributed by atoms with van der Waals surface area (Å²) in [5.41, 5.74) is 0.614. The Morgan fingerprint density at radius 2 is 1.95 bits per heavy atom. The molecule has 0 fully saturated rings. The minimum absolute atomic E-state index is 0.0159. The van der Waals surface area contributed by atoms with E-state index in [4.69, 9.17) is 9.47 Å². The molecule has 0 bridgehead atoms. The highest BCUT2D eigenvalue weighted by Crippen LogP contribution is 2.34. The number of ether oxygens (including phenoxy) is 2. The molecule has 118 valence electrons. The zero-order valence-corrected chi connectivity index (χ0v) is 14.9. The van der Waals surface area contributed by atoms with Crippen molar-refractivity contribution in [2.75, 3.05) is 20.4 Å². The van der Waals surface area contributed by atoms with E-state index in [1.54, 1.807) is 32.4 Å². The number of ketones is 1. The Hall–Kier alpha value is -1.08. The van der Waals surface area contributed by atoms with Gasteiger partial charge in [-0.2, -0.15) is 0 Å². The van der Waals surface area contributed by atoms with Gasteiger partial charge < -0.3 is 9.47 Å². The number of hydrogen-bond donors (Lipinski definition) is 0. The number of rotatable bonds is 8. The van der Waals surface area contributed by atoms with Crippen molar-refractivity contribution >= 4 is 15.0 Å². The van der Waals surface area contributed by atoms with Gasteiger partial charge in [-0.15, -0.1) is 9.24 Å². The molecule has 0 radical (unpaired) electrons. The Labute approximate surface area is 130 Å². The predicted octanol–water partition coefficient (Wildman–Crippen LogP) is 4.20. The third kappa shape index (κ3) is 5.32. The molecule has 0 heterocycles. The topological polar surface area (TPSA) is 35.5 Å². The zero-order valence-electron chi connectivity index (χ0n) is 13.7. The van der Waals surface area contributed by atoms with Crippen LogP contribution in [0.25, 0.3) is 0 Å². The van der Waals surface area contributed by atoms with Crippen molar-refractivity contribution in [1.82, 2.24) is 0 Å². The summed E-state index contributed by atoms with van der Waals surface area (Å²) >= 11 is 0. The molecular formula is C17H27O3P. The van der Waals surface area contributed by atoms with Crippen LogP contribution < -0.4 is 9.47 Å². The minimum atomic E-state index is -0.0159. The average molecular weight is 310 g/mol. The normalized spacial score (nSPS) is 12.9. The summed E-state index contributed by atoms with van der Waals surface area (Å²) in [4.78, 5) is 12.6. The lowest BCUT2D eigenvalue weighted by Gasteiger charge is -2.27. The molecule has 0 aliphatic carbocycles. The summed E-state index contributed by atoms with van der Waals surface area (Å²) in [5, 5.41) is 0. The maximum Gasteiger partial charge on any atom is 0.167 e. The average Bonchev–Trinajstić information content (AvgIpc) is 2.45. The second kappa shape index (κ2) is 7.79. The third-order valence-corrected chi connectivity index (χ3v) is 4.46. The van der Waals surface area contributed by atoms with E-state index in [0.29, 0.717) is 29.4 Å². The first-order valence-corrected chi connectivity index (χ1v) is 8.10. The molecule has 0 aromatic heterocycles. The SMILES string of the molecule is COc1ccc(C(=O)CC(C)(C)CC(C)CP)c(OC)c1. The van der Waals surface area contributed by atoms with Crippen molar-refractivity contribution in [3.8, 4) is 11.5 Å². The molecule has 0 spiro atoms. The molecule has 2 unspecified atom stereocenters. The number of Topliss-reactive ketones (excluding diaryl/α,β-unsaturated/α-hetero) is 1. The van der Waals surface area contributed by atoms with Gasteiger partial charge in [0.2, 0.25) is 0 Å². The van der Waals surface area contributed by atoms with Crippen LogP contribution in [0.2, 0.25) is 0 Å². The number of carbonyl (C=O) groups is 1. The highest BCUT2D eigenvalue weighted by atomic mass is 31.0. The minimum Gasteiger partial charge on any atom is -0.497 e. The first-order valence-electron chi connectivity index (χ1n) is 7.28. The maximum atomic E-state index is 12.6. The lowest BCUT2D eigenvalue weighted by atomic mass is 9.79. The molecule has 3 nitrogen and oxygen atoms in total. The van der Waals surface area contributed by atoms with Gasteiger partial charge in [-0.25, -0.2) is 0 Å². The first-order chi connectivity index (χ1) is 9.82. The number of methoxy groups -OCH3 is 2. The molecule has 0 saturated carbocycles. The van der Waals surface area contributed by atoms with Gasteiger partial charge in [0.1, 0.15) is 11.5 Å². The van der Waals surface area contributed by atoms with Crippen molar-refractivity contribution < 1.29 is 14.3 Å². The fourth-order valence-corrected chi connectivity index (χ4v) is 2.82. The van der Waals surface area contributed by atoms with Gasteiger partial charge in [0.25, 0.3) is 0 Å². The van der Waals surface area contributed by atoms with Crippen molar-refractivity contribution in [2.24, 2.45) is 11.3 Å². The molecule has 0 N–H and O–H groups in total. The predicted molar refractivity (Wildman–Crippen MR) is 90.6 cm³/mol. The van der Waals surface area contributed by atoms with Crippen molar-refractivity contribution in [2.45, 2.75) is 33.6 Å². The van der Waals surface area contributed by atoms with Crippen LogP contribution in [0.4, 0.5) is 0 Å². The van der Waals surface area contributed by atoms with Crippen molar-refractivity contribution in [3.05, 3.63) is 23.8 Å². The standard InChI is InChI=1S/C17H27O3P/c1-12(11-21)9-17(2,3)10-15(18)14-7-6-13(19-4)8-16(14)20-5/h6-8,12H,9-11,21H2,1-5H3. The van der Waals surface area contributed by atoms with E-state index in [-0.39, 0.29) is 11.2 Å². The van der Waals surface area contributed by atoms with Crippen LogP contribution in [0.15, 0.2) is 18.2 Å². The first kappa shape index (κ1) is 18.0. The second-order valence-corrected chi connectivity index (χ2v) is 6.85. The van der Waals surface area contributed by atoms with Crippen LogP contribution in [0.3, 0.4) is 0 Å². The summed E-state index contributed by atoms with van der Waals surface area (Å²) in [6, 6.07) is 5.34. The van der Waals surface area contributed by atoms with Gasteiger partial charge >= 0.3 is 0 Å². The van der Waals surface area contributed by atoms with Gasteiger partial charge in [-0.05, 0) is 36.0 Å². The van der Waals surface area contributed by atoms with Gasteiger partial charge in [-0.3, -0.25) is 4.79 Å². The van der Waals surface area contributed by atoms with E-state index in [1.165, 1.54) is 0 Å². The molecular weight excluding hydrogens is 283 g/mol. The van der Waals surface area contributed by atoms with E-state index >= 15 is 0 Å². The molecule has 0 aliphatic heterocycles. The molecule has 1 aromatic rings. The highest BCUT2D eigenvalue weighted by Gasteiger charge is 2.26. The number of hydrogen-bond acceptors (Lipinski definition) is 3. The molecule has 0 amide bonds. The molecule has 1 rings (SSSR count). The molecule has 1 aromatic carbocycles. The van der Waals surface area contributed by atoms with Crippen LogP contribution >= 0.6 is 9.24 Å². The monoisotopic (exact) mass is 310 g/mol. The number of benzene rings is 1. The van der Waals surface area contributed by atoms with Crippen LogP contribution in [-0.2, 0) is 0 Å². The fourth-order valence-electron chi connectivity index (χ4n) is 2.66. The highest BCUT2D eigenvalue weighted by molar-refractivity contribution is 7.16. The van der Waals surface area contributed by atoms with E-state index < -0.39 is 0 Å². The molecule has 21 heavy (non-hydrogen) atoms. The maximum absolute atomic E-state index is 12.6. The number of carbonyl (C=O) groups excluding carboxylic acids is 1. The fraction of sp³-hybridized carbons (Fsp3) is 0.588. The Balaban J connectivity index is 2.88. The zero-order chi connectivity index (χ0) is 16.0. The van der Waals surface area contributed by atoms with Crippen LogP contribution in [-0.4, -0.2) is 26.2 Å². The smallest absolute Gasteiger partial charge is 0.167 e. The third-order valence-electron chi connectivity index (χ3n) is 3.65. The van der Waals surface area contributed by atoms with Gasteiger partial charge in [-0.1, -0.05) is 20.8 Å². The summed E-state index contributed by atoms with van der Waals surface area (Å²) in [6.07, 6.45) is 2.61. The van der Waals surface area contributed by atoms with E-state index in [9.17, 15) is 4.79 Å². The molecule has 2 atom stereocenters. The second-order valence-electron chi connectivity index (χ2n) is 6.38. The van der Waals surface area contributed by atoms with Crippen LogP contribution in [0, 0.1) is 11.3 Å². The van der Waals surface area contributed by atoms with E-state index in [2.05, 4.69) is 30.0 Å². The quantitative estimate of drug-likeness (QED) is 0.533. The molecule has 0 saturated heterocycles. The lowest BCUT2D eigenvalue weighted by Crippen LogP contribution is -2.21. The summed E-state index contributed by atoms with van der Waals surface area (Å²) in [5.74, 6) is 1.99. The lowest BCUT2D eigenvalue weighted by molar-refractivity contribution is 0.0915. The van der Waals surface area contributed by atoms with Gasteiger partial charge in [0.05, 0.1) is 19.8 Å². The van der Waals surface area contributed by atoms with Crippen molar-refractivity contribution in [3.63, 3.8) is 0 Å². The molecule has 4 heteroatoms. The summed E-state index contributed by atoms with van der Waals surface area (Å²) in [6.45, 7) is 6.52. The Morgan fingerprint density at radius 1 is 1.29 bits per heavy atom. The summed E-state index contributed by atoms with van der Waals surface area (Å²) < 4.78 is 10.5. The van der Waals surface area contributed by atoms with Gasteiger partial charge in [0.15, 0.2) is 5.78 Å². The van der Waals surface area contributed by atoms with Crippen LogP contribution in [0.1, 0.15) is 44.0 Å². The van der Waals surface area contributed by atoms with Gasteiger partial charge in [0, 0.05) is 12.5 Å². The molecule has 0 aliphatic rings. The van der Waals surface area contributed by atoms with Crippen LogP contribution in [0.5, 0.6) is 11.5 Å². The van der Waals surface area contributed by atoms with Crippen molar-refractivity contribution in [1.29, 1.82) is 0 Å². The Bertz CT molecular complexity index is 483. The Kier molecular flexibility index (Phi) is 6.67. The Morgan fingerprint density at radius 3 is 2.48 bits per heavy atom. The van der Waals surface area contributed by atoms with E-state index in [0.717, 1.165) is 12.6 Å². The van der Waals surface area contributed by atoms with E-state index in [1.807, 2.05) is 0 Å².